The number of halogens is 1. The molecule has 6 aromatic rings. The van der Waals surface area contributed by atoms with Crippen molar-refractivity contribution in [1.29, 1.82) is 0 Å². The number of likely N-dealkylation sites (tertiary alicyclic amines) is 1. The summed E-state index contributed by atoms with van der Waals surface area (Å²) in [5.41, 5.74) is 8.60. The van der Waals surface area contributed by atoms with Crippen molar-refractivity contribution >= 4 is 82.4 Å². The Kier molecular flexibility index (Phi) is 33.5. The maximum absolute atomic E-state index is 15.6. The monoisotopic (exact) mass is 1610 g/mol. The van der Waals surface area contributed by atoms with Crippen LogP contribution in [0.4, 0.5) is 9.18 Å². The van der Waals surface area contributed by atoms with Gasteiger partial charge in [-0.05, 0) is 136 Å². The molecule has 31 nitrogen and oxygen atoms in total. The Labute approximate surface area is 670 Å². The third kappa shape index (κ3) is 25.4. The molecule has 0 saturated carbocycles. The Morgan fingerprint density at radius 3 is 1.94 bits per heavy atom. The molecule has 1 fully saturated rings. The predicted molar refractivity (Wildman–Crippen MR) is 418 cm³/mol. The van der Waals surface area contributed by atoms with E-state index in [-0.39, 0.29) is 37.8 Å². The number of Topliss-reactive ketones (excluding diaryl/α,β-unsaturated/α-hetero) is 5. The summed E-state index contributed by atoms with van der Waals surface area (Å²) in [6.07, 6.45) is -5.88. The number of aliphatic hydroxyl groups excluding tert-OH is 3. The fourth-order valence-electron chi connectivity index (χ4n) is 14.2. The largest absolute Gasteiger partial charge is 0.497 e. The zero-order valence-electron chi connectivity index (χ0n) is 66.1. The minimum Gasteiger partial charge on any atom is -0.497 e. The van der Waals surface area contributed by atoms with E-state index in [4.69, 9.17) is 15.2 Å². The first-order chi connectivity index (χ1) is 55.0. The summed E-state index contributed by atoms with van der Waals surface area (Å²) in [4.78, 5) is 206. The minimum atomic E-state index is -2.27. The highest BCUT2D eigenvalue weighted by Crippen LogP contribution is 2.35. The highest BCUT2D eigenvalue weighted by atomic mass is 19.1. The lowest BCUT2D eigenvalue weighted by Gasteiger charge is -2.37. The fraction of sp³-hybridized carbons (Fsp3) is 0.452. The van der Waals surface area contributed by atoms with Gasteiger partial charge in [0.2, 0.25) is 35.4 Å². The molecule has 622 valence electrons. The number of aromatic amines is 1. The molecule has 4 aromatic carbocycles. The van der Waals surface area contributed by atoms with Crippen LogP contribution in [0.2, 0.25) is 0 Å². The van der Waals surface area contributed by atoms with E-state index < -0.39 is 230 Å². The van der Waals surface area contributed by atoms with Crippen molar-refractivity contribution in [2.45, 2.75) is 179 Å². The second-order valence-corrected chi connectivity index (χ2v) is 29.8. The normalized spacial score (nSPS) is 16.3. The number of carbonyl (C=O) groups excluding carboxylic acids is 12. The van der Waals surface area contributed by atoms with Crippen molar-refractivity contribution in [1.82, 2.24) is 46.4 Å². The number of imidazole rings is 1. The average Bonchev–Trinajstić information content (AvgIpc) is 1.61. The number of carbonyl (C=O) groups is 14. The number of nitrogens with one attached hydrogen (secondary N) is 6. The SMILES string of the molecule is CCc1cc(OC)ccc1-c1ccc(C[C@H](NC(=O)[C@H](CC(=O)O)CC(=O)[C@H](CO)NC(=O)[C@@H](CC(=O)[C@](C)(Cc2ccccc2F)NC(=O)[C@@H](CC(=O)CNC(=O)[C@H](CCC(=O)O)CC(=O)[C@@]2(C)CCCN2C(=O)[C@H](Cc2c[nH]cn2)NC(=O)OC)[C@@H](C)O)[C@@H](C)O)C(=O)C[C@@H](Cc2ccc(-c3ccccc3C)nc2)C(N)=O)cc1. The summed E-state index contributed by atoms with van der Waals surface area (Å²) in [5.74, 6) is -21.5. The van der Waals surface area contributed by atoms with Gasteiger partial charge in [-0.25, -0.2) is 14.2 Å². The molecular formula is C84H103FN10O21. The molecule has 116 heavy (non-hydrogen) atoms. The Morgan fingerprint density at radius 2 is 1.34 bits per heavy atom. The van der Waals surface area contributed by atoms with Crippen molar-refractivity contribution < 1.29 is 107 Å². The van der Waals surface area contributed by atoms with Gasteiger partial charge in [-0.2, -0.15) is 0 Å². The number of pyridine rings is 1. The molecule has 1 saturated heterocycles. The number of methoxy groups -OCH3 is 2. The minimum absolute atomic E-state index is 0.0400. The molecule has 1 aliphatic heterocycles. The Morgan fingerprint density at radius 1 is 0.681 bits per heavy atom. The fourth-order valence-corrected chi connectivity index (χ4v) is 14.2. The third-order valence-corrected chi connectivity index (χ3v) is 21.2. The van der Waals surface area contributed by atoms with Gasteiger partial charge in [0.15, 0.2) is 28.9 Å². The molecule has 0 aliphatic carbocycles. The number of carboxylic acid groups (broad SMARTS) is 2. The summed E-state index contributed by atoms with van der Waals surface area (Å²) < 4.78 is 25.8. The van der Waals surface area contributed by atoms with Crippen molar-refractivity contribution in [3.63, 3.8) is 0 Å². The molecule has 0 spiro atoms. The molecule has 1 aliphatic rings. The average molecular weight is 1610 g/mol. The van der Waals surface area contributed by atoms with Crippen LogP contribution >= 0.6 is 0 Å². The van der Waals surface area contributed by atoms with Gasteiger partial charge in [-0.3, -0.25) is 67.3 Å². The molecule has 0 radical (unpaired) electrons. The Hall–Kier alpha value is -11.8. The van der Waals surface area contributed by atoms with E-state index in [0.29, 0.717) is 41.1 Å². The third-order valence-electron chi connectivity index (χ3n) is 21.2. The van der Waals surface area contributed by atoms with E-state index >= 15 is 4.39 Å². The van der Waals surface area contributed by atoms with Crippen molar-refractivity contribution in [3.8, 4) is 28.1 Å². The topological polar surface area (TPSA) is 490 Å². The van der Waals surface area contributed by atoms with Crippen LogP contribution in [0.5, 0.6) is 5.75 Å². The van der Waals surface area contributed by atoms with Gasteiger partial charge in [0.05, 0.1) is 98.6 Å². The number of hydrogen-bond donors (Lipinski definition) is 12. The molecule has 2 aromatic heterocycles. The summed E-state index contributed by atoms with van der Waals surface area (Å²) in [7, 11) is 2.65. The number of nitrogens with two attached hydrogens (primary N) is 1. The first-order valence-corrected chi connectivity index (χ1v) is 38.2. The number of hydrogen-bond acceptors (Lipinski definition) is 21. The Bertz CT molecular complexity index is 4520. The standard InChI is InChI=1S/C84H103FN10O21/c1-9-52-33-60(115-7)25-26-62(52)53-22-19-50(20-23-53)32-67(70(100)34-56(76(86)108)31-51-21-27-66(88-42-51)61-17-12-10-15-47(61)2)91-78(110)57(37-75(106)107)35-71(101)69(45-96)92-79(111)64(49(4)98)40-72(102)83(5,41-55-16-11-13-18-65(55)85)94-80(112)63(48(3)97)39-59(99)44-89-77(109)54(24-28-74(104)105)36-73(103)84(6)29-14-30-95(84)81(113)68(93-82(114)116-8)38-58-43-87-46-90-58/h10-13,15-23,25-27,33,42-43,46,48-49,54,56-57,63-64,67-69,96-98H,9,14,24,28-32,34-41,44-45H2,1-8H3,(H2,86,108)(H,87,90)(H,89,109)(H,91,110)(H,92,111)(H,93,114)(H,94,112)(H,104,105)(H,106,107)/t48-,49-,54-,56-,57+,63+,64+,67+,68+,69+,83+,84-/m1/s1. The summed E-state index contributed by atoms with van der Waals surface area (Å²) in [5, 5.41) is 65.1. The number of H-pyrrole nitrogens is 1. The lowest BCUT2D eigenvalue weighted by atomic mass is 9.81. The molecule has 0 unspecified atom stereocenters. The van der Waals surface area contributed by atoms with Gasteiger partial charge in [-0.15, -0.1) is 0 Å². The summed E-state index contributed by atoms with van der Waals surface area (Å²) >= 11 is 0. The molecule has 12 atom stereocenters. The number of ether oxygens (including phenoxy) is 2. The first kappa shape index (κ1) is 91.4. The molecule has 7 amide bonds. The first-order valence-electron chi connectivity index (χ1n) is 38.2. The number of aliphatic carboxylic acids is 2. The van der Waals surface area contributed by atoms with Gasteiger partial charge in [0.1, 0.15) is 23.7 Å². The van der Waals surface area contributed by atoms with E-state index in [1.165, 1.54) is 42.5 Å². The Balaban J connectivity index is 1.05. The number of alkyl carbamates (subject to hydrolysis) is 1. The molecule has 7 rings (SSSR count). The van der Waals surface area contributed by atoms with E-state index in [1.807, 2.05) is 68.4 Å². The van der Waals surface area contributed by atoms with Crippen LogP contribution < -0.4 is 37.1 Å². The number of amides is 7. The van der Waals surface area contributed by atoms with E-state index in [0.717, 1.165) is 61.8 Å². The zero-order valence-corrected chi connectivity index (χ0v) is 66.1. The number of rotatable bonds is 46. The van der Waals surface area contributed by atoms with Crippen LogP contribution in [0.1, 0.15) is 132 Å². The highest BCUT2D eigenvalue weighted by Gasteiger charge is 2.49. The van der Waals surface area contributed by atoms with Crippen LogP contribution in [0, 0.1) is 42.3 Å². The van der Waals surface area contributed by atoms with Crippen molar-refractivity contribution in [3.05, 3.63) is 161 Å². The van der Waals surface area contributed by atoms with Gasteiger partial charge in [0.25, 0.3) is 0 Å². The highest BCUT2D eigenvalue weighted by molar-refractivity contribution is 6.01. The van der Waals surface area contributed by atoms with E-state index in [1.54, 1.807) is 37.6 Å². The maximum Gasteiger partial charge on any atom is 0.407 e. The predicted octanol–water partition coefficient (Wildman–Crippen LogP) is 4.95. The van der Waals surface area contributed by atoms with Crippen LogP contribution in [0.15, 0.2) is 122 Å². The number of carboxylic acids is 2. The van der Waals surface area contributed by atoms with Gasteiger partial charge in [0, 0.05) is 87.7 Å². The van der Waals surface area contributed by atoms with Crippen molar-refractivity contribution in [2.75, 3.05) is 33.9 Å². The lowest BCUT2D eigenvalue weighted by Crippen LogP contribution is -2.58. The van der Waals surface area contributed by atoms with Crippen LogP contribution in [0.3, 0.4) is 0 Å². The van der Waals surface area contributed by atoms with Gasteiger partial charge >= 0.3 is 18.0 Å². The number of nitrogens with zero attached hydrogens (tertiary/aromatic N) is 3. The molecule has 13 N–H and O–H groups in total. The van der Waals surface area contributed by atoms with Gasteiger partial charge < -0.3 is 77.2 Å². The number of aliphatic hydroxyl groups is 3. The smallest absolute Gasteiger partial charge is 0.407 e. The molecule has 32 heteroatoms. The second kappa shape index (κ2) is 42.6. The number of primary amides is 1. The number of benzene rings is 4. The molecular weight excluding hydrogens is 1500 g/mol. The van der Waals surface area contributed by atoms with E-state index in [2.05, 4.69) is 41.5 Å². The quantitative estimate of drug-likeness (QED) is 0.0240. The zero-order chi connectivity index (χ0) is 85.3. The number of aromatic nitrogens is 3. The lowest BCUT2D eigenvalue weighted by molar-refractivity contribution is -0.145. The maximum atomic E-state index is 15.6. The van der Waals surface area contributed by atoms with Crippen LogP contribution in [-0.4, -0.2) is 203 Å². The molecule has 3 heterocycles. The van der Waals surface area contributed by atoms with Gasteiger partial charge in [-0.1, -0.05) is 85.8 Å². The summed E-state index contributed by atoms with van der Waals surface area (Å²) in [6.45, 7) is 6.79. The second-order valence-electron chi connectivity index (χ2n) is 29.8. The number of ketones is 5. The van der Waals surface area contributed by atoms with Crippen LogP contribution in [0.25, 0.3) is 22.4 Å². The summed E-state index contributed by atoms with van der Waals surface area (Å²) in [6, 6.07) is 24.2. The van der Waals surface area contributed by atoms with Crippen LogP contribution in [-0.2, 0) is 99.2 Å². The number of aryl methyl sites for hydroxylation is 2. The van der Waals surface area contributed by atoms with E-state index in [9.17, 15) is 92.7 Å². The van der Waals surface area contributed by atoms with Crippen molar-refractivity contribution in [2.24, 2.45) is 35.3 Å². The molecule has 0 bridgehead atoms.